The zero-order valence-electron chi connectivity index (χ0n) is 20.8. The van der Waals surface area contributed by atoms with Crippen LogP contribution in [0.5, 0.6) is 0 Å². The molecule has 1 saturated carbocycles. The number of Topliss-reactive ketones (excluding diaryl/α,β-unsaturated/α-hetero) is 1. The van der Waals surface area contributed by atoms with Crippen molar-refractivity contribution in [2.24, 2.45) is 5.92 Å². The lowest BCUT2D eigenvalue weighted by molar-refractivity contribution is -0.138. The highest BCUT2D eigenvalue weighted by Gasteiger charge is 2.52. The van der Waals surface area contributed by atoms with Gasteiger partial charge in [0.1, 0.15) is 12.1 Å². The summed E-state index contributed by atoms with van der Waals surface area (Å²) in [6, 6.07) is 10.1. The molecule has 37 heavy (non-hydrogen) atoms. The topological polar surface area (TPSA) is 86.8 Å². The van der Waals surface area contributed by atoms with E-state index >= 15 is 0 Å². The lowest BCUT2D eigenvalue weighted by Gasteiger charge is -2.30. The fourth-order valence-corrected chi connectivity index (χ4v) is 7.46. The van der Waals surface area contributed by atoms with Crippen molar-refractivity contribution >= 4 is 46.6 Å². The van der Waals surface area contributed by atoms with Crippen LogP contribution in [0.2, 0.25) is 0 Å². The molecule has 0 bridgehead atoms. The molecule has 196 valence electrons. The summed E-state index contributed by atoms with van der Waals surface area (Å²) >= 11 is 3.01. The van der Waals surface area contributed by atoms with Crippen LogP contribution in [0.15, 0.2) is 47.2 Å². The number of carbonyl (C=O) groups is 4. The Labute approximate surface area is 226 Å². The van der Waals surface area contributed by atoms with Gasteiger partial charge >= 0.3 is 0 Å². The standard InChI is InChI=1S/C28H33N3O4S2/c32-24-15-31(27(34)20-9-5-2-6-10-20)23-11-13-30(25(23)24)28(35)22(29-26(33)21-12-14-36-17-21)18-37-16-19-7-3-1-4-8-19/h1,3-4,7-8,12,14,17,20,22-23,25H,2,5-6,9-11,13,15-16,18H2,(H,29,33)/t22-,23+,25-/m0/s1. The molecule has 0 spiro atoms. The summed E-state index contributed by atoms with van der Waals surface area (Å²) in [5.74, 6) is 0.594. The van der Waals surface area contributed by atoms with Crippen molar-refractivity contribution in [3.05, 3.63) is 58.3 Å². The highest BCUT2D eigenvalue weighted by Crippen LogP contribution is 2.34. The SMILES string of the molecule is O=C(N[C@@H](CSCc1ccccc1)C(=O)N1CC[C@@H]2[C@H]1C(=O)CN2C(=O)C1CCCCC1)c1ccsc1. The van der Waals surface area contributed by atoms with Gasteiger partial charge in [-0.1, -0.05) is 49.6 Å². The number of amides is 3. The second kappa shape index (κ2) is 11.8. The number of benzene rings is 1. The first-order valence-corrected chi connectivity index (χ1v) is 15.2. The van der Waals surface area contributed by atoms with Crippen molar-refractivity contribution in [3.8, 4) is 0 Å². The number of ketones is 1. The van der Waals surface area contributed by atoms with Crippen LogP contribution in [0.4, 0.5) is 0 Å². The minimum absolute atomic E-state index is 0.00270. The molecule has 1 aromatic heterocycles. The monoisotopic (exact) mass is 539 g/mol. The Bertz CT molecular complexity index is 1120. The maximum Gasteiger partial charge on any atom is 0.252 e. The second-order valence-corrected chi connectivity index (χ2v) is 11.9. The molecular weight excluding hydrogens is 506 g/mol. The van der Waals surface area contributed by atoms with Crippen LogP contribution in [0.3, 0.4) is 0 Å². The molecule has 1 N–H and O–H groups in total. The Hall–Kier alpha value is -2.65. The van der Waals surface area contributed by atoms with E-state index in [1.807, 2.05) is 35.7 Å². The second-order valence-electron chi connectivity index (χ2n) is 10.1. The highest BCUT2D eigenvalue weighted by molar-refractivity contribution is 7.98. The fourth-order valence-electron chi connectivity index (χ4n) is 5.82. The van der Waals surface area contributed by atoms with Crippen molar-refractivity contribution in [1.82, 2.24) is 15.1 Å². The Kier molecular flexibility index (Phi) is 8.30. The maximum absolute atomic E-state index is 13.8. The molecule has 2 aliphatic heterocycles. The van der Waals surface area contributed by atoms with Crippen molar-refractivity contribution in [3.63, 3.8) is 0 Å². The summed E-state index contributed by atoms with van der Waals surface area (Å²) in [6.45, 7) is 0.506. The van der Waals surface area contributed by atoms with Gasteiger partial charge in [-0.05, 0) is 36.3 Å². The Balaban J connectivity index is 1.28. The third-order valence-corrected chi connectivity index (χ3v) is 9.52. The van der Waals surface area contributed by atoms with E-state index < -0.39 is 12.1 Å². The molecule has 9 heteroatoms. The molecule has 3 heterocycles. The minimum Gasteiger partial charge on any atom is -0.339 e. The first-order valence-electron chi connectivity index (χ1n) is 13.1. The minimum atomic E-state index is -0.754. The van der Waals surface area contributed by atoms with Gasteiger partial charge in [0.15, 0.2) is 5.78 Å². The van der Waals surface area contributed by atoms with E-state index in [1.165, 1.54) is 11.3 Å². The van der Waals surface area contributed by atoms with Gasteiger partial charge in [0, 0.05) is 29.3 Å². The van der Waals surface area contributed by atoms with Crippen LogP contribution in [0.25, 0.3) is 0 Å². The molecule has 3 atom stereocenters. The number of rotatable bonds is 8. The van der Waals surface area contributed by atoms with Crippen LogP contribution < -0.4 is 5.32 Å². The van der Waals surface area contributed by atoms with Gasteiger partial charge in [0.2, 0.25) is 11.8 Å². The first-order chi connectivity index (χ1) is 18.0. The van der Waals surface area contributed by atoms with Gasteiger partial charge in [-0.2, -0.15) is 23.1 Å². The molecule has 3 aliphatic rings. The van der Waals surface area contributed by atoms with Crippen molar-refractivity contribution in [2.75, 3.05) is 18.8 Å². The molecule has 2 saturated heterocycles. The maximum atomic E-state index is 13.8. The number of carbonyl (C=O) groups excluding carboxylic acids is 4. The quantitative estimate of drug-likeness (QED) is 0.552. The van der Waals surface area contributed by atoms with Crippen LogP contribution >= 0.6 is 23.1 Å². The lowest BCUT2D eigenvalue weighted by atomic mass is 9.88. The van der Waals surface area contributed by atoms with Gasteiger partial charge < -0.3 is 15.1 Å². The lowest BCUT2D eigenvalue weighted by Crippen LogP contribution is -2.53. The van der Waals surface area contributed by atoms with Crippen molar-refractivity contribution in [1.29, 1.82) is 0 Å². The molecule has 2 aromatic rings. The number of thioether (sulfide) groups is 1. The summed E-state index contributed by atoms with van der Waals surface area (Å²) in [7, 11) is 0. The molecule has 1 aliphatic carbocycles. The molecule has 3 fully saturated rings. The van der Waals surface area contributed by atoms with Crippen LogP contribution in [0.1, 0.15) is 54.4 Å². The van der Waals surface area contributed by atoms with E-state index in [0.717, 1.165) is 37.7 Å². The smallest absolute Gasteiger partial charge is 0.252 e. The predicted molar refractivity (Wildman–Crippen MR) is 145 cm³/mol. The average molecular weight is 540 g/mol. The predicted octanol–water partition coefficient (Wildman–Crippen LogP) is 3.74. The molecule has 5 rings (SSSR count). The zero-order chi connectivity index (χ0) is 25.8. The van der Waals surface area contributed by atoms with E-state index in [-0.39, 0.29) is 42.0 Å². The van der Waals surface area contributed by atoms with Gasteiger partial charge in [0.05, 0.1) is 18.2 Å². The molecular formula is C28H33N3O4S2. The highest BCUT2D eigenvalue weighted by atomic mass is 32.2. The number of nitrogens with one attached hydrogen (secondary N) is 1. The third kappa shape index (κ3) is 5.77. The third-order valence-electron chi connectivity index (χ3n) is 7.73. The van der Waals surface area contributed by atoms with Crippen LogP contribution in [-0.2, 0) is 20.1 Å². The van der Waals surface area contributed by atoms with E-state index in [4.69, 9.17) is 0 Å². The number of hydrogen-bond acceptors (Lipinski definition) is 6. The van der Waals surface area contributed by atoms with E-state index in [0.29, 0.717) is 30.0 Å². The fraction of sp³-hybridized carbons (Fsp3) is 0.500. The van der Waals surface area contributed by atoms with Gasteiger partial charge in [-0.15, -0.1) is 0 Å². The van der Waals surface area contributed by atoms with E-state index in [2.05, 4.69) is 5.32 Å². The Morgan fingerprint density at radius 2 is 1.81 bits per heavy atom. The number of fused-ring (bicyclic) bond motifs is 1. The summed E-state index contributed by atoms with van der Waals surface area (Å²) in [5.41, 5.74) is 1.67. The molecule has 0 unspecified atom stereocenters. The number of thiophene rings is 1. The normalized spacial score (nSPS) is 22.6. The van der Waals surface area contributed by atoms with Gasteiger partial charge in [-0.25, -0.2) is 0 Å². The summed E-state index contributed by atoms with van der Waals surface area (Å²) in [4.78, 5) is 56.4. The number of likely N-dealkylation sites (tertiary alicyclic amines) is 2. The summed E-state index contributed by atoms with van der Waals surface area (Å²) in [5, 5.41) is 6.52. The van der Waals surface area contributed by atoms with Crippen molar-refractivity contribution < 1.29 is 19.2 Å². The summed E-state index contributed by atoms with van der Waals surface area (Å²) in [6.07, 6.45) is 5.66. The van der Waals surface area contributed by atoms with E-state index in [1.54, 1.807) is 33.0 Å². The van der Waals surface area contributed by atoms with Crippen molar-refractivity contribution in [2.45, 2.75) is 62.4 Å². The largest absolute Gasteiger partial charge is 0.339 e. The molecule has 0 radical (unpaired) electrons. The summed E-state index contributed by atoms with van der Waals surface area (Å²) < 4.78 is 0. The molecule has 1 aromatic carbocycles. The average Bonchev–Trinajstić information content (AvgIpc) is 3.68. The molecule has 7 nitrogen and oxygen atoms in total. The van der Waals surface area contributed by atoms with Gasteiger partial charge in [-0.3, -0.25) is 19.2 Å². The van der Waals surface area contributed by atoms with Crippen LogP contribution in [-0.4, -0.2) is 70.3 Å². The number of nitrogens with zero attached hydrogens (tertiary/aromatic N) is 2. The molecule has 3 amide bonds. The van der Waals surface area contributed by atoms with Crippen LogP contribution in [0, 0.1) is 5.92 Å². The Morgan fingerprint density at radius 1 is 1.03 bits per heavy atom. The Morgan fingerprint density at radius 3 is 2.54 bits per heavy atom. The first kappa shape index (κ1) is 26.0. The number of hydrogen-bond donors (Lipinski definition) is 1. The zero-order valence-corrected chi connectivity index (χ0v) is 22.5. The van der Waals surface area contributed by atoms with Gasteiger partial charge in [0.25, 0.3) is 5.91 Å². The van der Waals surface area contributed by atoms with E-state index in [9.17, 15) is 19.2 Å².